The van der Waals surface area contributed by atoms with Crippen LogP contribution < -0.4 is 4.90 Å². The number of aromatic nitrogens is 2. The molecule has 80 valence electrons. The molecule has 1 aromatic rings. The maximum Gasteiger partial charge on any atom is 0.225 e. The fraction of sp³-hybridized carbons (Fsp3) is 0.500. The average molecular weight is 270 g/mol. The van der Waals surface area contributed by atoms with E-state index in [4.69, 9.17) is 0 Å². The molecule has 0 unspecified atom stereocenters. The molecule has 1 fully saturated rings. The van der Waals surface area contributed by atoms with Gasteiger partial charge in [-0.05, 0) is 22.9 Å². The standard InChI is InChI=1S/C10H12BrN3O/c1-7-9(11)6-12-10(13-7)14-4-2-8(15)3-5-14/h6H,2-5H2,1H3. The molecule has 5 heteroatoms. The van der Waals surface area contributed by atoms with Gasteiger partial charge in [0.15, 0.2) is 0 Å². The number of Topliss-reactive ketones (excluding diaryl/α,β-unsaturated/α-hetero) is 1. The molecule has 0 atom stereocenters. The minimum atomic E-state index is 0.333. The lowest BCUT2D eigenvalue weighted by atomic mass is 10.1. The lowest BCUT2D eigenvalue weighted by Gasteiger charge is -2.26. The van der Waals surface area contributed by atoms with Gasteiger partial charge in [-0.25, -0.2) is 9.97 Å². The number of nitrogens with zero attached hydrogens (tertiary/aromatic N) is 3. The Balaban J connectivity index is 2.16. The van der Waals surface area contributed by atoms with E-state index in [1.165, 1.54) is 0 Å². The number of halogens is 1. The van der Waals surface area contributed by atoms with Crippen LogP contribution in [0.1, 0.15) is 18.5 Å². The maximum absolute atomic E-state index is 11.1. The number of aryl methyl sites for hydroxylation is 1. The van der Waals surface area contributed by atoms with Crippen molar-refractivity contribution in [3.05, 3.63) is 16.4 Å². The summed E-state index contributed by atoms with van der Waals surface area (Å²) in [6.07, 6.45) is 2.98. The zero-order valence-corrected chi connectivity index (χ0v) is 10.1. The van der Waals surface area contributed by atoms with Gasteiger partial charge < -0.3 is 4.90 Å². The van der Waals surface area contributed by atoms with Gasteiger partial charge >= 0.3 is 0 Å². The highest BCUT2D eigenvalue weighted by Gasteiger charge is 2.18. The highest BCUT2D eigenvalue weighted by molar-refractivity contribution is 9.10. The Labute approximate surface area is 96.8 Å². The number of anilines is 1. The molecule has 0 aliphatic carbocycles. The molecule has 0 radical (unpaired) electrons. The molecule has 0 amide bonds. The van der Waals surface area contributed by atoms with Gasteiger partial charge in [0.2, 0.25) is 5.95 Å². The van der Waals surface area contributed by atoms with Crippen LogP contribution in [-0.2, 0) is 4.79 Å². The Kier molecular flexibility index (Phi) is 3.00. The molecule has 15 heavy (non-hydrogen) atoms. The van der Waals surface area contributed by atoms with Crippen molar-refractivity contribution in [2.45, 2.75) is 19.8 Å². The van der Waals surface area contributed by atoms with Gasteiger partial charge in [0, 0.05) is 32.1 Å². The van der Waals surface area contributed by atoms with E-state index in [2.05, 4.69) is 30.8 Å². The van der Waals surface area contributed by atoms with Crippen molar-refractivity contribution in [1.82, 2.24) is 9.97 Å². The van der Waals surface area contributed by atoms with Crippen molar-refractivity contribution in [2.75, 3.05) is 18.0 Å². The van der Waals surface area contributed by atoms with Gasteiger partial charge in [0.1, 0.15) is 5.78 Å². The van der Waals surface area contributed by atoms with Crippen LogP contribution in [0.3, 0.4) is 0 Å². The molecule has 0 N–H and O–H groups in total. The largest absolute Gasteiger partial charge is 0.340 e. The summed E-state index contributed by atoms with van der Waals surface area (Å²) in [7, 11) is 0. The maximum atomic E-state index is 11.1. The summed E-state index contributed by atoms with van der Waals surface area (Å²) in [5.74, 6) is 1.06. The van der Waals surface area contributed by atoms with Crippen LogP contribution in [0, 0.1) is 6.92 Å². The normalized spacial score (nSPS) is 16.9. The van der Waals surface area contributed by atoms with Gasteiger partial charge in [-0.1, -0.05) is 0 Å². The number of rotatable bonds is 1. The monoisotopic (exact) mass is 269 g/mol. The number of hydrogen-bond donors (Lipinski definition) is 0. The summed E-state index contributed by atoms with van der Waals surface area (Å²) in [4.78, 5) is 21.8. The molecule has 0 saturated carbocycles. The van der Waals surface area contributed by atoms with Crippen LogP contribution in [0.5, 0.6) is 0 Å². The smallest absolute Gasteiger partial charge is 0.225 e. The third kappa shape index (κ3) is 2.34. The van der Waals surface area contributed by atoms with E-state index in [1.54, 1.807) is 6.20 Å². The molecule has 0 spiro atoms. The molecular weight excluding hydrogens is 258 g/mol. The lowest BCUT2D eigenvalue weighted by molar-refractivity contribution is -0.119. The second-order valence-corrected chi connectivity index (χ2v) is 4.48. The summed E-state index contributed by atoms with van der Waals surface area (Å²) in [5, 5.41) is 0. The molecule has 1 aliphatic heterocycles. The minimum Gasteiger partial charge on any atom is -0.340 e. The Morgan fingerprint density at radius 1 is 1.40 bits per heavy atom. The van der Waals surface area contributed by atoms with Crippen molar-refractivity contribution < 1.29 is 4.79 Å². The zero-order valence-electron chi connectivity index (χ0n) is 8.53. The van der Waals surface area contributed by atoms with Gasteiger partial charge in [0.05, 0.1) is 10.2 Å². The summed E-state index contributed by atoms with van der Waals surface area (Å²) in [6, 6.07) is 0. The van der Waals surface area contributed by atoms with E-state index >= 15 is 0 Å². The van der Waals surface area contributed by atoms with Crippen LogP contribution in [0.15, 0.2) is 10.7 Å². The molecule has 2 heterocycles. The first-order valence-corrected chi connectivity index (χ1v) is 5.72. The average Bonchev–Trinajstić information content (AvgIpc) is 2.23. The van der Waals surface area contributed by atoms with Crippen LogP contribution in [0.25, 0.3) is 0 Å². The molecule has 1 aromatic heterocycles. The molecule has 0 bridgehead atoms. The molecule has 0 aromatic carbocycles. The number of piperidine rings is 1. The Morgan fingerprint density at radius 3 is 2.67 bits per heavy atom. The molecule has 2 rings (SSSR count). The third-order valence-electron chi connectivity index (χ3n) is 2.51. The fourth-order valence-corrected chi connectivity index (χ4v) is 1.74. The second-order valence-electron chi connectivity index (χ2n) is 3.63. The number of carbonyl (C=O) groups is 1. The van der Waals surface area contributed by atoms with E-state index in [-0.39, 0.29) is 0 Å². The molecule has 1 saturated heterocycles. The summed E-state index contributed by atoms with van der Waals surface area (Å²) >= 11 is 3.37. The first-order valence-electron chi connectivity index (χ1n) is 4.92. The minimum absolute atomic E-state index is 0.333. The molecule has 4 nitrogen and oxygen atoms in total. The van der Waals surface area contributed by atoms with Gasteiger partial charge in [-0.3, -0.25) is 4.79 Å². The lowest BCUT2D eigenvalue weighted by Crippen LogP contribution is -2.35. The first-order chi connectivity index (χ1) is 7.16. The van der Waals surface area contributed by atoms with E-state index < -0.39 is 0 Å². The predicted molar refractivity (Wildman–Crippen MR) is 60.9 cm³/mol. The number of hydrogen-bond acceptors (Lipinski definition) is 4. The van der Waals surface area contributed by atoms with Crippen molar-refractivity contribution in [2.24, 2.45) is 0 Å². The predicted octanol–water partition coefficient (Wildman–Crippen LogP) is 1.72. The van der Waals surface area contributed by atoms with Gasteiger partial charge in [0.25, 0.3) is 0 Å². The first kappa shape index (κ1) is 10.5. The SMILES string of the molecule is Cc1nc(N2CCC(=O)CC2)ncc1Br. The van der Waals surface area contributed by atoms with Crippen molar-refractivity contribution in [3.8, 4) is 0 Å². The quantitative estimate of drug-likeness (QED) is 0.779. The summed E-state index contributed by atoms with van der Waals surface area (Å²) < 4.78 is 0.916. The summed E-state index contributed by atoms with van der Waals surface area (Å²) in [6.45, 7) is 3.41. The molecular formula is C10H12BrN3O. The fourth-order valence-electron chi connectivity index (χ4n) is 1.55. The number of ketones is 1. The van der Waals surface area contributed by atoms with E-state index in [0.29, 0.717) is 18.6 Å². The van der Waals surface area contributed by atoms with Crippen LogP contribution in [-0.4, -0.2) is 28.8 Å². The van der Waals surface area contributed by atoms with Crippen molar-refractivity contribution in [1.29, 1.82) is 0 Å². The van der Waals surface area contributed by atoms with Gasteiger partial charge in [-0.15, -0.1) is 0 Å². The van der Waals surface area contributed by atoms with Crippen LogP contribution in [0.4, 0.5) is 5.95 Å². The van der Waals surface area contributed by atoms with E-state index in [0.717, 1.165) is 29.2 Å². The third-order valence-corrected chi connectivity index (χ3v) is 3.29. The van der Waals surface area contributed by atoms with Gasteiger partial charge in [-0.2, -0.15) is 0 Å². The van der Waals surface area contributed by atoms with E-state index in [1.807, 2.05) is 6.92 Å². The topological polar surface area (TPSA) is 46.1 Å². The molecule has 1 aliphatic rings. The van der Waals surface area contributed by atoms with E-state index in [9.17, 15) is 4.79 Å². The highest BCUT2D eigenvalue weighted by Crippen LogP contribution is 2.18. The number of carbonyl (C=O) groups excluding carboxylic acids is 1. The zero-order chi connectivity index (χ0) is 10.8. The Bertz CT molecular complexity index is 384. The second kappa shape index (κ2) is 4.26. The highest BCUT2D eigenvalue weighted by atomic mass is 79.9. The van der Waals surface area contributed by atoms with Crippen molar-refractivity contribution in [3.63, 3.8) is 0 Å². The Morgan fingerprint density at radius 2 is 2.07 bits per heavy atom. The summed E-state index contributed by atoms with van der Waals surface area (Å²) in [5.41, 5.74) is 0.928. The Hall–Kier alpha value is -0.970. The van der Waals surface area contributed by atoms with Crippen LogP contribution in [0.2, 0.25) is 0 Å². The van der Waals surface area contributed by atoms with Crippen molar-refractivity contribution >= 4 is 27.7 Å². The van der Waals surface area contributed by atoms with Crippen LogP contribution >= 0.6 is 15.9 Å².